The molecule has 6 nitrogen and oxygen atoms in total. The smallest absolute Gasteiger partial charge is 0.225 e. The second-order valence-electron chi connectivity index (χ2n) is 8.02. The number of piperazine rings is 1. The highest BCUT2D eigenvalue weighted by Crippen LogP contribution is 2.36. The number of carbonyl (C=O) groups is 1. The fourth-order valence-corrected chi connectivity index (χ4v) is 4.68. The van der Waals surface area contributed by atoms with Gasteiger partial charge < -0.3 is 15.1 Å². The van der Waals surface area contributed by atoms with Crippen LogP contribution in [0.1, 0.15) is 11.1 Å². The summed E-state index contributed by atoms with van der Waals surface area (Å²) in [5.74, 6) is 0.242. The van der Waals surface area contributed by atoms with Crippen molar-refractivity contribution < 1.29 is 9.18 Å². The number of rotatable bonds is 4. The van der Waals surface area contributed by atoms with E-state index in [-0.39, 0.29) is 30.2 Å². The van der Waals surface area contributed by atoms with Crippen LogP contribution in [0.15, 0.2) is 67.1 Å². The van der Waals surface area contributed by atoms with E-state index in [9.17, 15) is 9.18 Å². The third-order valence-electron chi connectivity index (χ3n) is 6.25. The second kappa shape index (κ2) is 8.34. The van der Waals surface area contributed by atoms with E-state index >= 15 is 0 Å². The summed E-state index contributed by atoms with van der Waals surface area (Å²) < 4.78 is 14.0. The summed E-state index contributed by atoms with van der Waals surface area (Å²) in [6.07, 6.45) is 5.78. The number of nitrogens with one attached hydrogen (secondary N) is 1. The predicted molar refractivity (Wildman–Crippen MR) is 117 cm³/mol. The van der Waals surface area contributed by atoms with Gasteiger partial charge in [-0.15, -0.1) is 0 Å². The first-order chi connectivity index (χ1) is 15.2. The largest absolute Gasteiger partial charge is 0.364 e. The van der Waals surface area contributed by atoms with Crippen molar-refractivity contribution in [2.24, 2.45) is 5.92 Å². The zero-order valence-electron chi connectivity index (χ0n) is 17.1. The Morgan fingerprint density at radius 1 is 1.10 bits per heavy atom. The molecular weight excluding hydrogens is 393 g/mol. The van der Waals surface area contributed by atoms with E-state index in [1.54, 1.807) is 36.8 Å². The Bertz CT molecular complexity index is 1080. The maximum Gasteiger partial charge on any atom is 0.225 e. The molecule has 1 saturated heterocycles. The van der Waals surface area contributed by atoms with Crippen LogP contribution in [0.3, 0.4) is 0 Å². The van der Waals surface area contributed by atoms with Gasteiger partial charge in [0.05, 0.1) is 18.2 Å². The molecule has 1 aromatic heterocycles. The van der Waals surface area contributed by atoms with Crippen molar-refractivity contribution in [1.29, 1.82) is 0 Å². The lowest BCUT2D eigenvalue weighted by Gasteiger charge is -2.49. The molecule has 2 atom stereocenters. The molecule has 2 aliphatic heterocycles. The van der Waals surface area contributed by atoms with Gasteiger partial charge in [-0.3, -0.25) is 9.78 Å². The van der Waals surface area contributed by atoms with Crippen molar-refractivity contribution in [3.05, 3.63) is 84.1 Å². The van der Waals surface area contributed by atoms with Gasteiger partial charge in [0.2, 0.25) is 5.91 Å². The average Bonchev–Trinajstić information content (AvgIpc) is 2.83. The van der Waals surface area contributed by atoms with Gasteiger partial charge in [-0.1, -0.05) is 36.4 Å². The number of amides is 1. The minimum absolute atomic E-state index is 0.00581. The van der Waals surface area contributed by atoms with E-state index in [0.717, 1.165) is 18.9 Å². The van der Waals surface area contributed by atoms with E-state index in [0.29, 0.717) is 18.5 Å². The summed E-state index contributed by atoms with van der Waals surface area (Å²) in [4.78, 5) is 26.5. The molecule has 0 radical (unpaired) electrons. The van der Waals surface area contributed by atoms with Gasteiger partial charge in [-0.2, -0.15) is 0 Å². The number of benzene rings is 2. The van der Waals surface area contributed by atoms with Gasteiger partial charge in [-0.25, -0.2) is 9.37 Å². The molecule has 0 bridgehead atoms. The van der Waals surface area contributed by atoms with E-state index in [2.05, 4.69) is 37.2 Å². The number of aromatic nitrogens is 2. The molecule has 0 unspecified atom stereocenters. The lowest BCUT2D eigenvalue weighted by atomic mass is 9.83. The molecule has 7 heteroatoms. The highest BCUT2D eigenvalue weighted by atomic mass is 19.1. The molecular formula is C24H24FN5O. The van der Waals surface area contributed by atoms with Crippen LogP contribution in [-0.2, 0) is 17.8 Å². The van der Waals surface area contributed by atoms with Crippen LogP contribution in [0.4, 0.5) is 15.9 Å². The first-order valence-corrected chi connectivity index (χ1v) is 10.6. The Morgan fingerprint density at radius 3 is 2.77 bits per heavy atom. The molecule has 1 fully saturated rings. The SMILES string of the molecule is O=C(NCc1ccccc1F)[C@H]1Cc2ccccc2N2CCN(c3cnccn3)C[C@@H]12. The normalized spacial score (nSPS) is 20.0. The lowest BCUT2D eigenvalue weighted by Crippen LogP contribution is -2.61. The zero-order valence-corrected chi connectivity index (χ0v) is 17.1. The zero-order chi connectivity index (χ0) is 21.2. The van der Waals surface area contributed by atoms with Crippen LogP contribution in [0.25, 0.3) is 0 Å². The predicted octanol–water partition coefficient (Wildman–Crippen LogP) is 2.80. The van der Waals surface area contributed by atoms with Crippen LogP contribution in [0.2, 0.25) is 0 Å². The van der Waals surface area contributed by atoms with E-state index in [1.165, 1.54) is 17.3 Å². The summed E-state index contributed by atoms with van der Waals surface area (Å²) in [5, 5.41) is 2.98. The molecule has 2 aliphatic rings. The summed E-state index contributed by atoms with van der Waals surface area (Å²) in [5.41, 5.74) is 2.87. The number of carbonyl (C=O) groups excluding carboxylic acids is 1. The van der Waals surface area contributed by atoms with Crippen molar-refractivity contribution in [3.8, 4) is 0 Å². The molecule has 31 heavy (non-hydrogen) atoms. The van der Waals surface area contributed by atoms with Gasteiger partial charge in [0.15, 0.2) is 0 Å². The number of hydrogen-bond acceptors (Lipinski definition) is 5. The maximum atomic E-state index is 14.0. The number of nitrogens with zero attached hydrogens (tertiary/aromatic N) is 4. The Balaban J connectivity index is 1.40. The molecule has 3 aromatic rings. The fraction of sp³-hybridized carbons (Fsp3) is 0.292. The number of fused-ring (bicyclic) bond motifs is 3. The lowest BCUT2D eigenvalue weighted by molar-refractivity contribution is -0.126. The summed E-state index contributed by atoms with van der Waals surface area (Å²) in [6.45, 7) is 2.48. The summed E-state index contributed by atoms with van der Waals surface area (Å²) >= 11 is 0. The minimum Gasteiger partial charge on any atom is -0.364 e. The average molecular weight is 417 g/mol. The number of anilines is 2. The molecule has 3 heterocycles. The fourth-order valence-electron chi connectivity index (χ4n) is 4.68. The van der Waals surface area contributed by atoms with Gasteiger partial charge in [-0.05, 0) is 24.1 Å². The Morgan fingerprint density at radius 2 is 1.94 bits per heavy atom. The number of halogens is 1. The van der Waals surface area contributed by atoms with Crippen molar-refractivity contribution in [2.75, 3.05) is 29.4 Å². The molecule has 1 amide bonds. The Hall–Kier alpha value is -3.48. The van der Waals surface area contributed by atoms with Crippen LogP contribution < -0.4 is 15.1 Å². The highest BCUT2D eigenvalue weighted by Gasteiger charge is 2.41. The van der Waals surface area contributed by atoms with Crippen molar-refractivity contribution in [1.82, 2.24) is 15.3 Å². The molecule has 0 saturated carbocycles. The highest BCUT2D eigenvalue weighted by molar-refractivity contribution is 5.82. The van der Waals surface area contributed by atoms with Gasteiger partial charge in [0, 0.05) is 49.8 Å². The molecule has 0 aliphatic carbocycles. The summed E-state index contributed by atoms with van der Waals surface area (Å²) in [6, 6.07) is 14.8. The first kappa shape index (κ1) is 19.5. The number of hydrogen-bond donors (Lipinski definition) is 1. The topological polar surface area (TPSA) is 61.4 Å². The summed E-state index contributed by atoms with van der Waals surface area (Å²) in [7, 11) is 0. The molecule has 2 aromatic carbocycles. The quantitative estimate of drug-likeness (QED) is 0.707. The van der Waals surface area contributed by atoms with Gasteiger partial charge in [0.1, 0.15) is 11.6 Å². The molecule has 1 N–H and O–H groups in total. The van der Waals surface area contributed by atoms with Crippen molar-refractivity contribution in [3.63, 3.8) is 0 Å². The maximum absolute atomic E-state index is 14.0. The van der Waals surface area contributed by atoms with Crippen molar-refractivity contribution in [2.45, 2.75) is 19.0 Å². The Labute approximate surface area is 180 Å². The van der Waals surface area contributed by atoms with Crippen LogP contribution in [0, 0.1) is 11.7 Å². The molecule has 5 rings (SSSR count). The van der Waals surface area contributed by atoms with E-state index in [4.69, 9.17) is 0 Å². The second-order valence-corrected chi connectivity index (χ2v) is 8.02. The monoisotopic (exact) mass is 417 g/mol. The van der Waals surface area contributed by atoms with Gasteiger partial charge >= 0.3 is 0 Å². The van der Waals surface area contributed by atoms with Crippen LogP contribution >= 0.6 is 0 Å². The molecule has 158 valence electrons. The standard InChI is InChI=1S/C24H24FN5O/c25-20-7-3-1-6-18(20)14-28-24(31)19-13-17-5-2-4-8-21(17)30-12-11-29(16-22(19)30)23-15-26-9-10-27-23/h1-10,15,19,22H,11-14,16H2,(H,28,31)/t19-,22-/m0/s1. The first-order valence-electron chi connectivity index (χ1n) is 10.6. The third kappa shape index (κ3) is 3.83. The van der Waals surface area contributed by atoms with E-state index < -0.39 is 0 Å². The van der Waals surface area contributed by atoms with E-state index in [1.807, 2.05) is 12.1 Å². The molecule has 0 spiro atoms. The number of para-hydroxylation sites is 1. The minimum atomic E-state index is -0.301. The van der Waals surface area contributed by atoms with Crippen LogP contribution in [-0.4, -0.2) is 41.6 Å². The van der Waals surface area contributed by atoms with Crippen molar-refractivity contribution >= 4 is 17.4 Å². The van der Waals surface area contributed by atoms with Gasteiger partial charge in [0.25, 0.3) is 0 Å². The van der Waals surface area contributed by atoms with Crippen LogP contribution in [0.5, 0.6) is 0 Å². The Kier molecular flexibility index (Phi) is 5.24. The third-order valence-corrected chi connectivity index (χ3v) is 6.25.